The molecular formula is C11H11F2N. The standard InChI is InChI=1S/C11H11F2N/c1-11(2,7-14)6-8-3-4-9(12)5-10(8)13/h3-5H,6H2,1-2H3. The lowest BCUT2D eigenvalue weighted by Gasteiger charge is -2.15. The van der Waals surface area contributed by atoms with Crippen LogP contribution in [0.1, 0.15) is 19.4 Å². The lowest BCUT2D eigenvalue weighted by molar-refractivity contribution is 0.473. The fraction of sp³-hybridized carbons (Fsp3) is 0.364. The minimum absolute atomic E-state index is 0.287. The van der Waals surface area contributed by atoms with Gasteiger partial charge in [-0.1, -0.05) is 6.07 Å². The first kappa shape index (κ1) is 10.6. The normalized spacial score (nSPS) is 11.1. The molecule has 1 nitrogen and oxygen atoms in total. The second-order valence-electron chi connectivity index (χ2n) is 3.91. The highest BCUT2D eigenvalue weighted by molar-refractivity contribution is 5.21. The lowest BCUT2D eigenvalue weighted by Crippen LogP contribution is -2.12. The summed E-state index contributed by atoms with van der Waals surface area (Å²) >= 11 is 0. The zero-order chi connectivity index (χ0) is 10.8. The highest BCUT2D eigenvalue weighted by Crippen LogP contribution is 2.22. The van der Waals surface area contributed by atoms with E-state index in [0.717, 1.165) is 6.07 Å². The van der Waals surface area contributed by atoms with Crippen LogP contribution in [0.2, 0.25) is 0 Å². The van der Waals surface area contributed by atoms with E-state index in [2.05, 4.69) is 6.07 Å². The van der Waals surface area contributed by atoms with E-state index in [1.165, 1.54) is 12.1 Å². The Morgan fingerprint density at radius 1 is 1.36 bits per heavy atom. The molecule has 0 N–H and O–H groups in total. The molecule has 0 saturated carbocycles. The van der Waals surface area contributed by atoms with Crippen molar-refractivity contribution in [2.75, 3.05) is 0 Å². The molecule has 1 aromatic carbocycles. The second-order valence-corrected chi connectivity index (χ2v) is 3.91. The van der Waals surface area contributed by atoms with Crippen molar-refractivity contribution < 1.29 is 8.78 Å². The Morgan fingerprint density at radius 3 is 2.50 bits per heavy atom. The zero-order valence-electron chi connectivity index (χ0n) is 8.14. The first-order chi connectivity index (χ1) is 6.44. The van der Waals surface area contributed by atoms with E-state index in [-0.39, 0.29) is 6.42 Å². The molecule has 0 saturated heterocycles. The molecule has 1 aromatic rings. The summed E-state index contributed by atoms with van der Waals surface area (Å²) in [6.45, 7) is 3.44. The molecule has 1 rings (SSSR count). The fourth-order valence-corrected chi connectivity index (χ4v) is 1.18. The maximum Gasteiger partial charge on any atom is 0.129 e. The number of nitrogens with zero attached hydrogens (tertiary/aromatic N) is 1. The summed E-state index contributed by atoms with van der Waals surface area (Å²) in [6, 6.07) is 5.49. The maximum absolute atomic E-state index is 13.2. The van der Waals surface area contributed by atoms with Gasteiger partial charge >= 0.3 is 0 Å². The third kappa shape index (κ3) is 2.53. The summed E-state index contributed by atoms with van der Waals surface area (Å²) in [5.41, 5.74) is -0.253. The van der Waals surface area contributed by atoms with Crippen molar-refractivity contribution in [2.45, 2.75) is 20.3 Å². The van der Waals surface area contributed by atoms with E-state index >= 15 is 0 Å². The molecule has 3 heteroatoms. The van der Waals surface area contributed by atoms with Gasteiger partial charge in [-0.15, -0.1) is 0 Å². The van der Waals surface area contributed by atoms with Gasteiger partial charge < -0.3 is 0 Å². The highest BCUT2D eigenvalue weighted by Gasteiger charge is 2.19. The van der Waals surface area contributed by atoms with Crippen molar-refractivity contribution in [3.63, 3.8) is 0 Å². The summed E-state index contributed by atoms with van der Waals surface area (Å²) in [5.74, 6) is -1.19. The van der Waals surface area contributed by atoms with Crippen molar-refractivity contribution in [1.82, 2.24) is 0 Å². The number of hydrogen-bond acceptors (Lipinski definition) is 1. The fourth-order valence-electron chi connectivity index (χ4n) is 1.18. The van der Waals surface area contributed by atoms with Gasteiger partial charge in [0.1, 0.15) is 11.6 Å². The Balaban J connectivity index is 2.94. The molecule has 74 valence electrons. The number of rotatable bonds is 2. The van der Waals surface area contributed by atoms with Crippen molar-refractivity contribution in [3.8, 4) is 6.07 Å². The number of halogens is 2. The van der Waals surface area contributed by atoms with Crippen LogP contribution < -0.4 is 0 Å². The molecule has 0 heterocycles. The van der Waals surface area contributed by atoms with Gasteiger partial charge in [-0.25, -0.2) is 8.78 Å². The highest BCUT2D eigenvalue weighted by atomic mass is 19.1. The quantitative estimate of drug-likeness (QED) is 0.711. The third-order valence-corrected chi connectivity index (χ3v) is 1.95. The first-order valence-corrected chi connectivity index (χ1v) is 4.30. The second kappa shape index (κ2) is 3.75. The van der Waals surface area contributed by atoms with Crippen molar-refractivity contribution in [1.29, 1.82) is 5.26 Å². The average Bonchev–Trinajstić information content (AvgIpc) is 2.10. The van der Waals surface area contributed by atoms with Gasteiger partial charge in [-0.2, -0.15) is 5.26 Å². The summed E-state index contributed by atoms with van der Waals surface area (Å²) in [4.78, 5) is 0. The summed E-state index contributed by atoms with van der Waals surface area (Å²) in [7, 11) is 0. The Bertz CT molecular complexity index is 377. The minimum atomic E-state index is -0.626. The topological polar surface area (TPSA) is 23.8 Å². The van der Waals surface area contributed by atoms with Crippen LogP contribution in [0.25, 0.3) is 0 Å². The van der Waals surface area contributed by atoms with Gasteiger partial charge in [-0.05, 0) is 31.9 Å². The van der Waals surface area contributed by atoms with Gasteiger partial charge in [0.15, 0.2) is 0 Å². The van der Waals surface area contributed by atoms with Gasteiger partial charge in [-0.3, -0.25) is 0 Å². The van der Waals surface area contributed by atoms with Crippen LogP contribution in [0.3, 0.4) is 0 Å². The molecule has 0 unspecified atom stereocenters. The van der Waals surface area contributed by atoms with E-state index in [4.69, 9.17) is 5.26 Å². The van der Waals surface area contributed by atoms with Gasteiger partial charge in [0.25, 0.3) is 0 Å². The Kier molecular flexibility index (Phi) is 2.85. The molecule has 0 amide bonds. The summed E-state index contributed by atoms with van der Waals surface area (Å²) in [5, 5.41) is 8.75. The van der Waals surface area contributed by atoms with Crippen LogP contribution in [0.4, 0.5) is 8.78 Å². The van der Waals surface area contributed by atoms with Crippen LogP contribution in [0.15, 0.2) is 18.2 Å². The molecule has 0 aromatic heterocycles. The van der Waals surface area contributed by atoms with Gasteiger partial charge in [0.2, 0.25) is 0 Å². The molecule has 0 aliphatic rings. The molecule has 0 bridgehead atoms. The number of hydrogen-bond donors (Lipinski definition) is 0. The van der Waals surface area contributed by atoms with E-state index < -0.39 is 17.0 Å². The predicted molar refractivity (Wildman–Crippen MR) is 49.5 cm³/mol. The van der Waals surface area contributed by atoms with Crippen LogP contribution in [0, 0.1) is 28.4 Å². The van der Waals surface area contributed by atoms with E-state index in [1.807, 2.05) is 0 Å². The molecule has 0 aliphatic carbocycles. The largest absolute Gasteiger partial charge is 0.207 e. The lowest BCUT2D eigenvalue weighted by atomic mass is 9.87. The van der Waals surface area contributed by atoms with Crippen LogP contribution >= 0.6 is 0 Å². The van der Waals surface area contributed by atoms with Crippen molar-refractivity contribution in [2.24, 2.45) is 5.41 Å². The Labute approximate surface area is 82.0 Å². The van der Waals surface area contributed by atoms with Crippen LogP contribution in [-0.2, 0) is 6.42 Å². The van der Waals surface area contributed by atoms with Gasteiger partial charge in [0, 0.05) is 6.07 Å². The molecule has 0 aliphatic heterocycles. The van der Waals surface area contributed by atoms with E-state index in [0.29, 0.717) is 5.56 Å². The van der Waals surface area contributed by atoms with E-state index in [1.54, 1.807) is 13.8 Å². The summed E-state index contributed by atoms with van der Waals surface area (Å²) in [6.07, 6.45) is 0.287. The van der Waals surface area contributed by atoms with Crippen molar-refractivity contribution >= 4 is 0 Å². The predicted octanol–water partition coefficient (Wildman–Crippen LogP) is 3.06. The number of benzene rings is 1. The molecule has 14 heavy (non-hydrogen) atoms. The van der Waals surface area contributed by atoms with Gasteiger partial charge in [0.05, 0.1) is 11.5 Å². The number of nitriles is 1. The molecule has 0 spiro atoms. The van der Waals surface area contributed by atoms with Crippen LogP contribution in [-0.4, -0.2) is 0 Å². The Morgan fingerprint density at radius 2 is 2.00 bits per heavy atom. The SMILES string of the molecule is CC(C)(C#N)Cc1ccc(F)cc1F. The average molecular weight is 195 g/mol. The smallest absolute Gasteiger partial charge is 0.129 e. The van der Waals surface area contributed by atoms with Crippen LogP contribution in [0.5, 0.6) is 0 Å². The molecule has 0 radical (unpaired) electrons. The molecule has 0 fully saturated rings. The Hall–Kier alpha value is -1.43. The molecular weight excluding hydrogens is 184 g/mol. The monoisotopic (exact) mass is 195 g/mol. The molecule has 0 atom stereocenters. The first-order valence-electron chi connectivity index (χ1n) is 4.30. The summed E-state index contributed by atoms with van der Waals surface area (Å²) < 4.78 is 25.7. The minimum Gasteiger partial charge on any atom is -0.207 e. The maximum atomic E-state index is 13.2. The third-order valence-electron chi connectivity index (χ3n) is 1.95. The van der Waals surface area contributed by atoms with Crippen molar-refractivity contribution in [3.05, 3.63) is 35.4 Å². The van der Waals surface area contributed by atoms with E-state index in [9.17, 15) is 8.78 Å². The zero-order valence-corrected chi connectivity index (χ0v) is 8.14.